The van der Waals surface area contributed by atoms with Crippen LogP contribution in [0.3, 0.4) is 0 Å². The fourth-order valence-corrected chi connectivity index (χ4v) is 1.73. The molecule has 92 valence electrons. The minimum atomic E-state index is -4.11. The molecule has 1 aromatic rings. The fourth-order valence-electron chi connectivity index (χ4n) is 1.38. The lowest BCUT2D eigenvalue weighted by Gasteiger charge is -2.01. The number of hydrogen-bond acceptors (Lipinski definition) is 3. The first-order chi connectivity index (χ1) is 8.08. The van der Waals surface area contributed by atoms with Gasteiger partial charge in [0.05, 0.1) is 10.1 Å². The molecule has 0 atom stereocenters. The topological polar surface area (TPSA) is 57.2 Å². The molecule has 1 rings (SSSR count). The van der Waals surface area contributed by atoms with Gasteiger partial charge in [0.1, 0.15) is 0 Å². The van der Waals surface area contributed by atoms with Crippen molar-refractivity contribution in [3.63, 3.8) is 0 Å². The lowest BCUT2D eigenvalue weighted by Crippen LogP contribution is -2.02. The Balaban J connectivity index is 2.15. The molecule has 0 N–H and O–H groups in total. The molecule has 0 amide bonds. The second-order valence-corrected chi connectivity index (χ2v) is 5.23. The van der Waals surface area contributed by atoms with Crippen LogP contribution in [0.15, 0.2) is 30.3 Å². The molecule has 4 heteroatoms. The van der Waals surface area contributed by atoms with Gasteiger partial charge in [-0.3, -0.25) is 0 Å². The van der Waals surface area contributed by atoms with Gasteiger partial charge in [-0.1, -0.05) is 30.3 Å². The fraction of sp³-hybridized carbons (Fsp3) is 0.385. The van der Waals surface area contributed by atoms with E-state index in [9.17, 15) is 13.0 Å². The van der Waals surface area contributed by atoms with Crippen molar-refractivity contribution in [1.29, 1.82) is 0 Å². The summed E-state index contributed by atoms with van der Waals surface area (Å²) in [6.07, 6.45) is 2.78. The van der Waals surface area contributed by atoms with Crippen molar-refractivity contribution in [2.45, 2.75) is 25.7 Å². The molecule has 0 saturated heterocycles. The first kappa shape index (κ1) is 13.8. The van der Waals surface area contributed by atoms with Crippen molar-refractivity contribution >= 4 is 10.1 Å². The molecule has 0 aliphatic carbocycles. The summed E-state index contributed by atoms with van der Waals surface area (Å²) >= 11 is 0. The predicted octanol–water partition coefficient (Wildman–Crippen LogP) is 1.95. The molecule has 0 aliphatic rings. The monoisotopic (exact) mass is 251 g/mol. The van der Waals surface area contributed by atoms with Crippen LogP contribution in [0, 0.1) is 11.8 Å². The second kappa shape index (κ2) is 7.10. The number of unbranched alkanes of at least 4 members (excludes halogenated alkanes) is 1. The van der Waals surface area contributed by atoms with Crippen LogP contribution >= 0.6 is 0 Å². The number of hydrogen-bond donors (Lipinski definition) is 0. The van der Waals surface area contributed by atoms with Crippen LogP contribution in [-0.4, -0.2) is 18.7 Å². The molecule has 0 fully saturated rings. The van der Waals surface area contributed by atoms with Crippen LogP contribution in [-0.2, 0) is 16.5 Å². The lowest BCUT2D eigenvalue weighted by molar-refractivity contribution is 0.463. The van der Waals surface area contributed by atoms with Crippen molar-refractivity contribution in [1.82, 2.24) is 0 Å². The van der Waals surface area contributed by atoms with Gasteiger partial charge in [0.2, 0.25) is 0 Å². The maximum atomic E-state index is 10.3. The quantitative estimate of drug-likeness (QED) is 0.456. The molecule has 17 heavy (non-hydrogen) atoms. The first-order valence-electron chi connectivity index (χ1n) is 5.51. The Labute approximate surface area is 103 Å². The third kappa shape index (κ3) is 7.56. The van der Waals surface area contributed by atoms with Crippen LogP contribution in [0.1, 0.15) is 24.8 Å². The maximum absolute atomic E-state index is 10.3. The highest BCUT2D eigenvalue weighted by atomic mass is 32.2. The highest BCUT2D eigenvalue weighted by Crippen LogP contribution is 2.03. The molecule has 0 bridgehead atoms. The number of rotatable bonds is 5. The van der Waals surface area contributed by atoms with Crippen molar-refractivity contribution in [2.24, 2.45) is 0 Å². The summed E-state index contributed by atoms with van der Waals surface area (Å²) < 4.78 is 30.8. The van der Waals surface area contributed by atoms with Crippen LogP contribution in [0.4, 0.5) is 0 Å². The SMILES string of the molecule is O=S(=O)([O-])CCC#CCCCc1ccccc1. The van der Waals surface area contributed by atoms with Gasteiger partial charge in [0, 0.05) is 18.6 Å². The highest BCUT2D eigenvalue weighted by Gasteiger charge is 1.91. The van der Waals surface area contributed by atoms with E-state index in [1.807, 2.05) is 18.2 Å². The molecule has 0 heterocycles. The van der Waals surface area contributed by atoms with E-state index in [2.05, 4.69) is 24.0 Å². The van der Waals surface area contributed by atoms with Gasteiger partial charge < -0.3 is 4.55 Å². The molecule has 0 saturated carbocycles. The smallest absolute Gasteiger partial charge is 0.0955 e. The predicted molar refractivity (Wildman–Crippen MR) is 66.3 cm³/mol. The molecule has 0 aromatic heterocycles. The van der Waals surface area contributed by atoms with Gasteiger partial charge in [-0.2, -0.15) is 0 Å². The van der Waals surface area contributed by atoms with Crippen LogP contribution < -0.4 is 0 Å². The molecule has 3 nitrogen and oxygen atoms in total. The van der Waals surface area contributed by atoms with E-state index in [0.717, 1.165) is 19.3 Å². The van der Waals surface area contributed by atoms with Crippen molar-refractivity contribution in [3.05, 3.63) is 35.9 Å². The van der Waals surface area contributed by atoms with E-state index in [0.29, 0.717) is 0 Å². The van der Waals surface area contributed by atoms with E-state index in [-0.39, 0.29) is 6.42 Å². The van der Waals surface area contributed by atoms with Gasteiger partial charge in [-0.25, -0.2) is 8.42 Å². The van der Waals surface area contributed by atoms with E-state index in [4.69, 9.17) is 0 Å². The summed E-state index contributed by atoms with van der Waals surface area (Å²) in [6, 6.07) is 10.1. The number of benzene rings is 1. The van der Waals surface area contributed by atoms with Crippen LogP contribution in [0.5, 0.6) is 0 Å². The third-order valence-corrected chi connectivity index (χ3v) is 2.92. The summed E-state index contributed by atoms with van der Waals surface area (Å²) in [7, 11) is -4.11. The van der Waals surface area contributed by atoms with Gasteiger partial charge in [-0.05, 0) is 18.4 Å². The average molecular weight is 251 g/mol. The molecule has 1 aromatic carbocycles. The van der Waals surface area contributed by atoms with Crippen molar-refractivity contribution in [2.75, 3.05) is 5.75 Å². The normalized spacial score (nSPS) is 10.6. The van der Waals surface area contributed by atoms with Gasteiger partial charge in [0.25, 0.3) is 0 Å². The Bertz CT molecular complexity index is 480. The zero-order chi connectivity index (χ0) is 12.6. The lowest BCUT2D eigenvalue weighted by atomic mass is 10.1. The Morgan fingerprint density at radius 1 is 1.06 bits per heavy atom. The standard InChI is InChI=1S/C13H16O3S/c14-17(15,16)12-8-3-1-2-5-9-13-10-6-4-7-11-13/h4,6-7,10-11H,2,5,8-9,12H2,(H,14,15,16)/p-1. The molecule has 0 aliphatic heterocycles. The number of aryl methyl sites for hydroxylation is 1. The van der Waals surface area contributed by atoms with Gasteiger partial charge in [-0.15, -0.1) is 11.8 Å². The van der Waals surface area contributed by atoms with E-state index in [1.165, 1.54) is 5.56 Å². The van der Waals surface area contributed by atoms with Crippen molar-refractivity contribution in [3.8, 4) is 11.8 Å². The van der Waals surface area contributed by atoms with Gasteiger partial charge in [0.15, 0.2) is 0 Å². The summed E-state index contributed by atoms with van der Waals surface area (Å²) in [4.78, 5) is 0. The molecular weight excluding hydrogens is 236 g/mol. The van der Waals surface area contributed by atoms with E-state index < -0.39 is 15.9 Å². The largest absolute Gasteiger partial charge is 0.748 e. The Hall–Kier alpha value is -1.31. The molecule has 0 unspecified atom stereocenters. The summed E-state index contributed by atoms with van der Waals surface area (Å²) in [5.74, 6) is 5.18. The Kier molecular flexibility index (Phi) is 5.75. The Morgan fingerprint density at radius 2 is 1.71 bits per heavy atom. The van der Waals surface area contributed by atoms with E-state index in [1.54, 1.807) is 0 Å². The van der Waals surface area contributed by atoms with Crippen molar-refractivity contribution < 1.29 is 13.0 Å². The zero-order valence-corrected chi connectivity index (χ0v) is 10.4. The zero-order valence-electron chi connectivity index (χ0n) is 9.56. The summed E-state index contributed by atoms with van der Waals surface area (Å²) in [5, 5.41) is 0. The molecule has 0 radical (unpaired) electrons. The first-order valence-corrected chi connectivity index (χ1v) is 7.09. The molecular formula is C13H15O3S-. The van der Waals surface area contributed by atoms with Crippen LogP contribution in [0.2, 0.25) is 0 Å². The minimum absolute atomic E-state index is 0.136. The third-order valence-electron chi connectivity index (χ3n) is 2.21. The average Bonchev–Trinajstić information content (AvgIpc) is 2.28. The maximum Gasteiger partial charge on any atom is 0.0955 e. The minimum Gasteiger partial charge on any atom is -0.748 e. The second-order valence-electron chi connectivity index (χ2n) is 3.70. The van der Waals surface area contributed by atoms with E-state index >= 15 is 0 Å². The highest BCUT2D eigenvalue weighted by molar-refractivity contribution is 7.85. The summed E-state index contributed by atoms with van der Waals surface area (Å²) in [6.45, 7) is 0. The Morgan fingerprint density at radius 3 is 2.35 bits per heavy atom. The molecule has 0 spiro atoms. The van der Waals surface area contributed by atoms with Crippen LogP contribution in [0.25, 0.3) is 0 Å². The van der Waals surface area contributed by atoms with Gasteiger partial charge >= 0.3 is 0 Å². The summed E-state index contributed by atoms with van der Waals surface area (Å²) in [5.41, 5.74) is 1.27.